The third-order valence-corrected chi connectivity index (χ3v) is 5.70. The van der Waals surface area contributed by atoms with Gasteiger partial charge < -0.3 is 9.64 Å². The van der Waals surface area contributed by atoms with Crippen molar-refractivity contribution in [3.8, 4) is 5.75 Å². The van der Waals surface area contributed by atoms with Crippen molar-refractivity contribution < 1.29 is 4.74 Å². The second kappa shape index (κ2) is 16.0. The van der Waals surface area contributed by atoms with E-state index in [0.717, 1.165) is 61.0 Å². The predicted octanol–water partition coefficient (Wildman–Crippen LogP) is 8.23. The van der Waals surface area contributed by atoms with Crippen LogP contribution in [-0.2, 0) is 0 Å². The molecule has 1 N–H and O–H groups in total. The van der Waals surface area contributed by atoms with Crippen molar-refractivity contribution in [2.24, 2.45) is 0 Å². The number of nitrogens with one attached hydrogen (secondary N) is 1. The monoisotopic (exact) mass is 446 g/mol. The summed E-state index contributed by atoms with van der Waals surface area (Å²) in [4.78, 5) is 2.20. The van der Waals surface area contributed by atoms with Crippen molar-refractivity contribution in [2.45, 2.75) is 85.0 Å². The van der Waals surface area contributed by atoms with E-state index in [0.29, 0.717) is 5.84 Å². The zero-order chi connectivity index (χ0) is 21.6. The highest BCUT2D eigenvalue weighted by molar-refractivity contribution is 6.09. The number of ether oxygens (including phenoxy) is 1. The number of unbranched alkanes of at least 4 members (excludes halogenated alkanes) is 7. The molecule has 0 unspecified atom stereocenters. The third-order valence-electron chi connectivity index (χ3n) is 5.70. The number of hydrogen-bond acceptors (Lipinski definition) is 2. The molecule has 0 saturated carbocycles. The lowest BCUT2D eigenvalue weighted by Crippen LogP contribution is -2.32. The molecule has 0 aliphatic heterocycles. The minimum absolute atomic E-state index is 0. The summed E-state index contributed by atoms with van der Waals surface area (Å²) in [5.41, 5.74) is 1.01. The third kappa shape index (κ3) is 8.73. The summed E-state index contributed by atoms with van der Waals surface area (Å²) in [6.45, 7) is 9.25. The maximum Gasteiger partial charge on any atom is 0.128 e. The van der Waals surface area contributed by atoms with Gasteiger partial charge in [0.05, 0.1) is 6.61 Å². The Kier molecular flexibility index (Phi) is 14.1. The Bertz CT molecular complexity index is 756. The van der Waals surface area contributed by atoms with Crippen molar-refractivity contribution in [1.29, 1.82) is 5.41 Å². The van der Waals surface area contributed by atoms with Crippen LogP contribution in [0, 0.1) is 5.41 Å². The van der Waals surface area contributed by atoms with E-state index < -0.39 is 0 Å². The van der Waals surface area contributed by atoms with Crippen molar-refractivity contribution in [1.82, 2.24) is 4.90 Å². The summed E-state index contributed by atoms with van der Waals surface area (Å²) in [6.07, 6.45) is 12.6. The van der Waals surface area contributed by atoms with E-state index in [1.807, 2.05) is 0 Å². The number of amidine groups is 1. The number of benzene rings is 2. The van der Waals surface area contributed by atoms with Crippen LogP contribution in [0.5, 0.6) is 5.75 Å². The van der Waals surface area contributed by atoms with Crippen molar-refractivity contribution in [2.75, 3.05) is 19.7 Å². The van der Waals surface area contributed by atoms with Gasteiger partial charge in [-0.3, -0.25) is 5.41 Å². The van der Waals surface area contributed by atoms with Crippen LogP contribution in [0.15, 0.2) is 36.4 Å². The first kappa shape index (κ1) is 27.3. The molecule has 2 rings (SSSR count). The van der Waals surface area contributed by atoms with Gasteiger partial charge in [-0.15, -0.1) is 12.4 Å². The molecule has 31 heavy (non-hydrogen) atoms. The smallest absolute Gasteiger partial charge is 0.128 e. The molecule has 174 valence electrons. The average Bonchev–Trinajstić information content (AvgIpc) is 2.77. The van der Waals surface area contributed by atoms with E-state index in [-0.39, 0.29) is 12.4 Å². The normalized spacial score (nSPS) is 10.7. The van der Waals surface area contributed by atoms with Gasteiger partial charge in [0.1, 0.15) is 11.6 Å². The van der Waals surface area contributed by atoms with Crippen LogP contribution in [0.4, 0.5) is 0 Å². The first-order valence-electron chi connectivity index (χ1n) is 12.2. The Labute approximate surface area is 196 Å². The number of fused-ring (bicyclic) bond motifs is 1. The Balaban J connectivity index is 0.00000480. The Morgan fingerprint density at radius 1 is 0.742 bits per heavy atom. The van der Waals surface area contributed by atoms with Gasteiger partial charge in [-0.1, -0.05) is 90.0 Å². The average molecular weight is 447 g/mol. The van der Waals surface area contributed by atoms with Gasteiger partial charge in [0, 0.05) is 24.0 Å². The molecular formula is C27H43ClN2O. The van der Waals surface area contributed by atoms with Crippen molar-refractivity contribution >= 4 is 29.0 Å². The molecular weight excluding hydrogens is 404 g/mol. The van der Waals surface area contributed by atoms with Crippen LogP contribution < -0.4 is 4.74 Å². The summed E-state index contributed by atoms with van der Waals surface area (Å²) in [7, 11) is 0. The van der Waals surface area contributed by atoms with E-state index in [2.05, 4.69) is 62.1 Å². The molecule has 0 atom stereocenters. The predicted molar refractivity (Wildman–Crippen MR) is 138 cm³/mol. The summed E-state index contributed by atoms with van der Waals surface area (Å²) in [5.74, 6) is 1.58. The number of hydrogen-bond donors (Lipinski definition) is 1. The van der Waals surface area contributed by atoms with E-state index in [1.54, 1.807) is 0 Å². The summed E-state index contributed by atoms with van der Waals surface area (Å²) in [6, 6.07) is 12.5. The first-order chi connectivity index (χ1) is 14.7. The second-order valence-electron chi connectivity index (χ2n) is 8.32. The molecule has 2 aromatic rings. The second-order valence-corrected chi connectivity index (χ2v) is 8.32. The van der Waals surface area contributed by atoms with Gasteiger partial charge in [-0.05, 0) is 36.8 Å². The Morgan fingerprint density at radius 2 is 1.32 bits per heavy atom. The molecule has 0 spiro atoms. The molecule has 3 nitrogen and oxygen atoms in total. The maximum atomic E-state index is 8.81. The molecule has 0 saturated heterocycles. The van der Waals surface area contributed by atoms with Gasteiger partial charge in [0.25, 0.3) is 0 Å². The Morgan fingerprint density at radius 3 is 1.94 bits per heavy atom. The SMILES string of the molecule is CCCCCCCCCCOc1ccc(C(=N)N(CCC)CCC)c2ccccc12.Cl. The Hall–Kier alpha value is -1.74. The molecule has 2 aromatic carbocycles. The first-order valence-corrected chi connectivity index (χ1v) is 12.2. The lowest BCUT2D eigenvalue weighted by Gasteiger charge is -2.25. The van der Waals surface area contributed by atoms with Crippen LogP contribution in [0.25, 0.3) is 10.8 Å². The van der Waals surface area contributed by atoms with E-state index in [1.165, 1.54) is 44.9 Å². The topological polar surface area (TPSA) is 36.3 Å². The van der Waals surface area contributed by atoms with Crippen molar-refractivity contribution in [3.63, 3.8) is 0 Å². The maximum absolute atomic E-state index is 8.81. The van der Waals surface area contributed by atoms with Crippen molar-refractivity contribution in [3.05, 3.63) is 42.0 Å². The quantitative estimate of drug-likeness (QED) is 0.170. The molecule has 0 aliphatic carbocycles. The van der Waals surface area contributed by atoms with Gasteiger partial charge in [-0.25, -0.2) is 0 Å². The van der Waals surface area contributed by atoms with Crippen LogP contribution in [0.3, 0.4) is 0 Å². The fourth-order valence-electron chi connectivity index (χ4n) is 4.07. The molecule has 0 amide bonds. The zero-order valence-corrected chi connectivity index (χ0v) is 20.7. The standard InChI is InChI=1S/C27H42N2O.ClH/c1-4-7-8-9-10-11-12-15-22-30-26-19-18-25(23-16-13-14-17-24(23)26)27(28)29(20-5-2)21-6-3;/h13-14,16-19,28H,4-12,15,20-22H2,1-3H3;1H. The molecule has 0 aliphatic rings. The highest BCUT2D eigenvalue weighted by atomic mass is 35.5. The summed E-state index contributed by atoms with van der Waals surface area (Å²) >= 11 is 0. The van der Waals surface area contributed by atoms with Crippen LogP contribution in [0.1, 0.15) is 90.5 Å². The van der Waals surface area contributed by atoms with E-state index in [4.69, 9.17) is 10.1 Å². The highest BCUT2D eigenvalue weighted by Gasteiger charge is 2.15. The molecule has 0 fully saturated rings. The van der Waals surface area contributed by atoms with Gasteiger partial charge in [0.2, 0.25) is 0 Å². The van der Waals surface area contributed by atoms with Gasteiger partial charge >= 0.3 is 0 Å². The number of rotatable bonds is 15. The lowest BCUT2D eigenvalue weighted by molar-refractivity contribution is 0.307. The fraction of sp³-hybridized carbons (Fsp3) is 0.593. The van der Waals surface area contributed by atoms with E-state index in [9.17, 15) is 0 Å². The summed E-state index contributed by atoms with van der Waals surface area (Å²) < 4.78 is 6.17. The van der Waals surface area contributed by atoms with Crippen LogP contribution in [-0.4, -0.2) is 30.4 Å². The largest absolute Gasteiger partial charge is 0.493 e. The lowest BCUT2D eigenvalue weighted by atomic mass is 10.0. The van der Waals surface area contributed by atoms with Crippen LogP contribution in [0.2, 0.25) is 0 Å². The van der Waals surface area contributed by atoms with Gasteiger partial charge in [-0.2, -0.15) is 0 Å². The molecule has 0 aromatic heterocycles. The fourth-order valence-corrected chi connectivity index (χ4v) is 4.07. The zero-order valence-electron chi connectivity index (χ0n) is 19.9. The molecule has 0 radical (unpaired) electrons. The molecule has 0 heterocycles. The van der Waals surface area contributed by atoms with Crippen LogP contribution >= 0.6 is 12.4 Å². The molecule has 4 heteroatoms. The molecule has 0 bridgehead atoms. The summed E-state index contributed by atoms with van der Waals surface area (Å²) in [5, 5.41) is 11.0. The highest BCUT2D eigenvalue weighted by Crippen LogP contribution is 2.29. The minimum Gasteiger partial charge on any atom is -0.493 e. The van der Waals surface area contributed by atoms with E-state index >= 15 is 0 Å². The number of nitrogens with zero attached hydrogens (tertiary/aromatic N) is 1. The minimum atomic E-state index is 0. The van der Waals surface area contributed by atoms with Gasteiger partial charge in [0.15, 0.2) is 0 Å². The number of halogens is 1.